The van der Waals surface area contributed by atoms with Gasteiger partial charge in [-0.05, 0) is 78.3 Å². The molecule has 1 aliphatic carbocycles. The third-order valence-electron chi connectivity index (χ3n) is 6.01. The Bertz CT molecular complexity index is 1050. The van der Waals surface area contributed by atoms with E-state index in [-0.39, 0.29) is 5.92 Å². The lowest BCUT2D eigenvalue weighted by molar-refractivity contribution is 0.780. The van der Waals surface area contributed by atoms with Gasteiger partial charge in [-0.15, -0.1) is 0 Å². The average Bonchev–Trinajstić information content (AvgIpc) is 3.15. The largest absolute Gasteiger partial charge is 0.0995 e. The zero-order valence-corrected chi connectivity index (χ0v) is 17.6. The van der Waals surface area contributed by atoms with E-state index in [0.29, 0.717) is 0 Å². The quantitative estimate of drug-likeness (QED) is 0.497. The topological polar surface area (TPSA) is 0 Å². The molecule has 1 atom stereocenters. The van der Waals surface area contributed by atoms with E-state index < -0.39 is 0 Å². The molecule has 0 aromatic heterocycles. The molecule has 0 spiro atoms. The predicted octanol–water partition coefficient (Wildman–Crippen LogP) is 6.05. The first-order valence-corrected chi connectivity index (χ1v) is 10.2. The molecule has 28 heavy (non-hydrogen) atoms. The predicted molar refractivity (Wildman–Crippen MR) is 125 cm³/mol. The first-order chi connectivity index (χ1) is 13.3. The first kappa shape index (κ1) is 20.1. The minimum Gasteiger partial charge on any atom is -0.0995 e. The Morgan fingerprint density at radius 2 is 1.68 bits per heavy atom. The van der Waals surface area contributed by atoms with Crippen molar-refractivity contribution < 1.29 is 0 Å². The van der Waals surface area contributed by atoms with Crippen molar-refractivity contribution in [1.29, 1.82) is 0 Å². The highest BCUT2D eigenvalue weighted by molar-refractivity contribution is 5.68. The van der Waals surface area contributed by atoms with Gasteiger partial charge in [0.25, 0.3) is 0 Å². The SMILES string of the molecule is C=C(CCC(=C)C(C)C(=C)c1ccc2c(c1)=CCC=2)Cc1ccc(C)cc1C. The normalized spacial score (nSPS) is 13.2. The van der Waals surface area contributed by atoms with Crippen LogP contribution in [0.25, 0.3) is 17.7 Å². The van der Waals surface area contributed by atoms with Crippen LogP contribution in [0.3, 0.4) is 0 Å². The summed E-state index contributed by atoms with van der Waals surface area (Å²) in [4.78, 5) is 0. The van der Waals surface area contributed by atoms with E-state index in [1.165, 1.54) is 43.8 Å². The summed E-state index contributed by atoms with van der Waals surface area (Å²) < 4.78 is 0. The molecule has 1 unspecified atom stereocenters. The number of rotatable bonds is 8. The maximum Gasteiger partial charge on any atom is 0.00173 e. The van der Waals surface area contributed by atoms with E-state index in [1.54, 1.807) is 0 Å². The zero-order chi connectivity index (χ0) is 20.3. The highest BCUT2D eigenvalue weighted by Gasteiger charge is 2.13. The molecule has 144 valence electrons. The second kappa shape index (κ2) is 8.61. The van der Waals surface area contributed by atoms with Gasteiger partial charge in [0.1, 0.15) is 0 Å². The zero-order valence-electron chi connectivity index (χ0n) is 17.6. The third kappa shape index (κ3) is 4.62. The lowest BCUT2D eigenvalue weighted by Crippen LogP contribution is -2.21. The summed E-state index contributed by atoms with van der Waals surface area (Å²) in [7, 11) is 0. The Morgan fingerprint density at radius 3 is 2.43 bits per heavy atom. The van der Waals surface area contributed by atoms with Gasteiger partial charge in [-0.2, -0.15) is 0 Å². The maximum atomic E-state index is 4.38. The summed E-state index contributed by atoms with van der Waals surface area (Å²) in [6.45, 7) is 19.6. The van der Waals surface area contributed by atoms with Crippen LogP contribution in [0.5, 0.6) is 0 Å². The lowest BCUT2D eigenvalue weighted by atomic mass is 9.86. The molecular formula is C28H32. The summed E-state index contributed by atoms with van der Waals surface area (Å²) in [6.07, 6.45) is 8.49. The fraction of sp³-hybridized carbons (Fsp3) is 0.286. The van der Waals surface area contributed by atoms with Gasteiger partial charge in [0.15, 0.2) is 0 Å². The Balaban J connectivity index is 1.57. The smallest absolute Gasteiger partial charge is 0.00173 e. The van der Waals surface area contributed by atoms with Crippen LogP contribution in [0.2, 0.25) is 0 Å². The van der Waals surface area contributed by atoms with E-state index in [9.17, 15) is 0 Å². The monoisotopic (exact) mass is 368 g/mol. The third-order valence-corrected chi connectivity index (χ3v) is 6.01. The van der Waals surface area contributed by atoms with Gasteiger partial charge in [0.05, 0.1) is 0 Å². The van der Waals surface area contributed by atoms with Crippen molar-refractivity contribution >= 4 is 17.7 Å². The van der Waals surface area contributed by atoms with Gasteiger partial charge in [-0.25, -0.2) is 0 Å². The van der Waals surface area contributed by atoms with Crippen molar-refractivity contribution in [2.75, 3.05) is 0 Å². The van der Waals surface area contributed by atoms with Gasteiger partial charge < -0.3 is 0 Å². The molecule has 0 nitrogen and oxygen atoms in total. The van der Waals surface area contributed by atoms with Crippen LogP contribution in [-0.2, 0) is 6.42 Å². The number of fused-ring (bicyclic) bond motifs is 1. The van der Waals surface area contributed by atoms with Crippen LogP contribution in [0.1, 0.15) is 48.4 Å². The minimum atomic E-state index is 0.275. The van der Waals surface area contributed by atoms with E-state index in [4.69, 9.17) is 0 Å². The molecule has 0 radical (unpaired) electrons. The Hall–Kier alpha value is -2.60. The molecule has 2 aromatic rings. The van der Waals surface area contributed by atoms with Crippen LogP contribution < -0.4 is 10.4 Å². The number of benzene rings is 2. The van der Waals surface area contributed by atoms with Crippen molar-refractivity contribution in [2.24, 2.45) is 5.92 Å². The maximum absolute atomic E-state index is 4.38. The van der Waals surface area contributed by atoms with E-state index >= 15 is 0 Å². The number of allylic oxidation sites excluding steroid dienone is 3. The van der Waals surface area contributed by atoms with Crippen molar-refractivity contribution in [3.63, 3.8) is 0 Å². The molecule has 0 fully saturated rings. The summed E-state index contributed by atoms with van der Waals surface area (Å²) in [6, 6.07) is 13.3. The summed E-state index contributed by atoms with van der Waals surface area (Å²) in [5, 5.41) is 2.67. The van der Waals surface area contributed by atoms with Gasteiger partial charge in [0.2, 0.25) is 0 Å². The molecule has 0 saturated carbocycles. The van der Waals surface area contributed by atoms with Crippen molar-refractivity contribution in [3.05, 3.63) is 100.0 Å². The second-order valence-electron chi connectivity index (χ2n) is 8.25. The average molecular weight is 369 g/mol. The van der Waals surface area contributed by atoms with Crippen LogP contribution in [0.15, 0.2) is 67.3 Å². The van der Waals surface area contributed by atoms with Crippen LogP contribution >= 0.6 is 0 Å². The fourth-order valence-electron chi connectivity index (χ4n) is 3.90. The van der Waals surface area contributed by atoms with E-state index in [0.717, 1.165) is 31.3 Å². The van der Waals surface area contributed by atoms with Crippen molar-refractivity contribution in [3.8, 4) is 0 Å². The van der Waals surface area contributed by atoms with Crippen LogP contribution in [0.4, 0.5) is 0 Å². The molecule has 0 bridgehead atoms. The number of hydrogen-bond donors (Lipinski definition) is 0. The van der Waals surface area contributed by atoms with E-state index in [1.807, 2.05) is 0 Å². The van der Waals surface area contributed by atoms with Gasteiger partial charge in [-0.3, -0.25) is 0 Å². The lowest BCUT2D eigenvalue weighted by Gasteiger charge is -2.19. The molecule has 0 heterocycles. The second-order valence-corrected chi connectivity index (χ2v) is 8.25. The Kier molecular flexibility index (Phi) is 6.19. The van der Waals surface area contributed by atoms with Crippen molar-refractivity contribution in [2.45, 2.75) is 46.5 Å². The van der Waals surface area contributed by atoms with Crippen molar-refractivity contribution in [1.82, 2.24) is 0 Å². The summed E-state index contributed by atoms with van der Waals surface area (Å²) in [5.74, 6) is 0.275. The standard InChI is InChI=1S/C28H32/c1-19-11-13-26(22(4)16-19)17-20(2)10-12-21(3)23(5)24(6)27-15-14-25-8-7-9-28(25)18-27/h8-9,11,13-16,18,23H,2-3,6-7,10,12,17H2,1,4-5H3. The highest BCUT2D eigenvalue weighted by atomic mass is 14.2. The molecule has 3 rings (SSSR count). The summed E-state index contributed by atoms with van der Waals surface area (Å²) >= 11 is 0. The van der Waals surface area contributed by atoms with Crippen LogP contribution in [-0.4, -0.2) is 0 Å². The molecule has 0 saturated heterocycles. The van der Waals surface area contributed by atoms with Crippen LogP contribution in [0, 0.1) is 19.8 Å². The first-order valence-electron chi connectivity index (χ1n) is 10.2. The highest BCUT2D eigenvalue weighted by Crippen LogP contribution is 2.29. The van der Waals surface area contributed by atoms with Gasteiger partial charge in [0, 0.05) is 5.92 Å². The molecular weight excluding hydrogens is 336 g/mol. The van der Waals surface area contributed by atoms with Gasteiger partial charge >= 0.3 is 0 Å². The molecule has 2 aromatic carbocycles. The van der Waals surface area contributed by atoms with Gasteiger partial charge in [-0.1, -0.05) is 85.9 Å². The molecule has 0 amide bonds. The summed E-state index contributed by atoms with van der Waals surface area (Å²) in [5.41, 5.74) is 8.95. The molecule has 0 N–H and O–H groups in total. The number of hydrogen-bond acceptors (Lipinski definition) is 0. The molecule has 0 aliphatic heterocycles. The Labute approximate surface area is 170 Å². The Morgan fingerprint density at radius 1 is 0.929 bits per heavy atom. The minimum absolute atomic E-state index is 0.275. The molecule has 0 heteroatoms. The van der Waals surface area contributed by atoms with E-state index in [2.05, 4.69) is 89.1 Å². The number of aryl methyl sites for hydroxylation is 2. The molecule has 1 aliphatic rings. The fourth-order valence-corrected chi connectivity index (χ4v) is 3.90.